The summed E-state index contributed by atoms with van der Waals surface area (Å²) in [5.41, 5.74) is 0.642. The molecule has 1 aromatic carbocycles. The molecule has 0 aromatic heterocycles. The molecule has 0 atom stereocenters. The van der Waals surface area contributed by atoms with Crippen molar-refractivity contribution in [1.29, 1.82) is 0 Å². The molecule has 0 aliphatic carbocycles. The third-order valence-corrected chi connectivity index (χ3v) is 1.74. The SMILES string of the molecule is CCOC(=O)Oc1ccc(CC(=O)O)cc1. The van der Waals surface area contributed by atoms with Crippen LogP contribution in [0.15, 0.2) is 24.3 Å². The number of ether oxygens (including phenoxy) is 2. The summed E-state index contributed by atoms with van der Waals surface area (Å²) in [5, 5.41) is 8.55. The van der Waals surface area contributed by atoms with Gasteiger partial charge in [-0.3, -0.25) is 4.79 Å². The summed E-state index contributed by atoms with van der Waals surface area (Å²) in [7, 11) is 0. The van der Waals surface area contributed by atoms with Gasteiger partial charge in [-0.1, -0.05) is 12.1 Å². The average molecular weight is 224 g/mol. The van der Waals surface area contributed by atoms with Gasteiger partial charge in [0.05, 0.1) is 13.0 Å². The van der Waals surface area contributed by atoms with Crippen LogP contribution in [0, 0.1) is 0 Å². The van der Waals surface area contributed by atoms with Gasteiger partial charge >= 0.3 is 12.1 Å². The highest BCUT2D eigenvalue weighted by Gasteiger charge is 2.05. The van der Waals surface area contributed by atoms with Crippen LogP contribution in [0.1, 0.15) is 12.5 Å². The zero-order valence-corrected chi connectivity index (χ0v) is 8.80. The van der Waals surface area contributed by atoms with Gasteiger partial charge < -0.3 is 14.6 Å². The average Bonchev–Trinajstić information content (AvgIpc) is 2.20. The number of carboxylic acids is 1. The summed E-state index contributed by atoms with van der Waals surface area (Å²) in [5.74, 6) is -0.577. The number of benzene rings is 1. The summed E-state index contributed by atoms with van der Waals surface area (Å²) in [6.07, 6.45) is -0.826. The number of hydrogen-bond acceptors (Lipinski definition) is 4. The van der Waals surface area contributed by atoms with E-state index in [1.807, 2.05) is 0 Å². The highest BCUT2D eigenvalue weighted by atomic mass is 16.7. The van der Waals surface area contributed by atoms with E-state index in [1.54, 1.807) is 19.1 Å². The van der Waals surface area contributed by atoms with Crippen LogP contribution in [0.3, 0.4) is 0 Å². The molecule has 16 heavy (non-hydrogen) atoms. The third-order valence-electron chi connectivity index (χ3n) is 1.74. The summed E-state index contributed by atoms with van der Waals surface area (Å²) in [6, 6.07) is 6.22. The van der Waals surface area contributed by atoms with Crippen LogP contribution < -0.4 is 4.74 Å². The summed E-state index contributed by atoms with van der Waals surface area (Å²) >= 11 is 0. The van der Waals surface area contributed by atoms with Crippen LogP contribution in [0.2, 0.25) is 0 Å². The Balaban J connectivity index is 2.57. The molecule has 5 heteroatoms. The maximum absolute atomic E-state index is 10.9. The first-order valence-electron chi connectivity index (χ1n) is 4.77. The molecular weight excluding hydrogens is 212 g/mol. The van der Waals surface area contributed by atoms with E-state index in [-0.39, 0.29) is 13.0 Å². The standard InChI is InChI=1S/C11H12O5/c1-2-15-11(14)16-9-5-3-8(4-6-9)7-10(12)13/h3-6H,2,7H2,1H3,(H,12,13). The molecule has 0 saturated heterocycles. The highest BCUT2D eigenvalue weighted by Crippen LogP contribution is 2.13. The van der Waals surface area contributed by atoms with E-state index in [0.29, 0.717) is 11.3 Å². The monoisotopic (exact) mass is 224 g/mol. The predicted octanol–water partition coefficient (Wildman–Crippen LogP) is 1.85. The predicted molar refractivity (Wildman–Crippen MR) is 55.4 cm³/mol. The summed E-state index contributed by atoms with van der Waals surface area (Å²) < 4.78 is 9.39. The van der Waals surface area contributed by atoms with Crippen molar-refractivity contribution in [3.05, 3.63) is 29.8 Å². The minimum Gasteiger partial charge on any atom is -0.481 e. The molecule has 1 N–H and O–H groups in total. The number of aliphatic carboxylic acids is 1. The third kappa shape index (κ3) is 4.00. The first kappa shape index (κ1) is 12.0. The maximum atomic E-state index is 10.9. The Labute approximate surface area is 92.6 Å². The van der Waals surface area contributed by atoms with Crippen molar-refractivity contribution in [2.45, 2.75) is 13.3 Å². The lowest BCUT2D eigenvalue weighted by Gasteiger charge is -2.04. The van der Waals surface area contributed by atoms with E-state index in [4.69, 9.17) is 9.84 Å². The van der Waals surface area contributed by atoms with Gasteiger partial charge in [-0.15, -0.1) is 0 Å². The molecule has 0 amide bonds. The van der Waals surface area contributed by atoms with Crippen LogP contribution in [-0.2, 0) is 16.0 Å². The largest absolute Gasteiger partial charge is 0.513 e. The van der Waals surface area contributed by atoms with Crippen molar-refractivity contribution in [3.8, 4) is 5.75 Å². The molecule has 86 valence electrons. The Kier molecular flexibility index (Phi) is 4.32. The van der Waals surface area contributed by atoms with Gasteiger partial charge in [-0.25, -0.2) is 4.79 Å². The van der Waals surface area contributed by atoms with Crippen molar-refractivity contribution in [1.82, 2.24) is 0 Å². The number of carbonyl (C=O) groups is 2. The molecule has 1 rings (SSSR count). The molecule has 0 aliphatic heterocycles. The lowest BCUT2D eigenvalue weighted by molar-refractivity contribution is -0.136. The fourth-order valence-electron chi connectivity index (χ4n) is 1.09. The fraction of sp³-hybridized carbons (Fsp3) is 0.273. The minimum absolute atomic E-state index is 0.0559. The molecule has 0 radical (unpaired) electrons. The number of rotatable bonds is 4. The van der Waals surface area contributed by atoms with Crippen LogP contribution >= 0.6 is 0 Å². The second kappa shape index (κ2) is 5.75. The number of carboxylic acid groups (broad SMARTS) is 1. The molecule has 0 fully saturated rings. The second-order valence-electron chi connectivity index (χ2n) is 3.00. The summed E-state index contributed by atoms with van der Waals surface area (Å²) in [6.45, 7) is 1.92. The van der Waals surface area contributed by atoms with Crippen molar-refractivity contribution < 1.29 is 24.2 Å². The molecular formula is C11H12O5. The van der Waals surface area contributed by atoms with E-state index in [9.17, 15) is 9.59 Å². The fourth-order valence-corrected chi connectivity index (χ4v) is 1.09. The van der Waals surface area contributed by atoms with Crippen molar-refractivity contribution in [2.75, 3.05) is 6.61 Å². The van der Waals surface area contributed by atoms with E-state index in [0.717, 1.165) is 0 Å². The smallest absolute Gasteiger partial charge is 0.481 e. The first-order chi connectivity index (χ1) is 7.61. The number of hydrogen-bond donors (Lipinski definition) is 1. The number of carbonyl (C=O) groups excluding carboxylic acids is 1. The molecule has 0 unspecified atom stereocenters. The van der Waals surface area contributed by atoms with Gasteiger partial charge in [-0.05, 0) is 24.6 Å². The second-order valence-corrected chi connectivity index (χ2v) is 3.00. The lowest BCUT2D eigenvalue weighted by atomic mass is 10.1. The van der Waals surface area contributed by atoms with Gasteiger partial charge in [0, 0.05) is 0 Å². The Bertz CT molecular complexity index is 368. The molecule has 0 saturated carbocycles. The molecule has 0 heterocycles. The molecule has 0 spiro atoms. The van der Waals surface area contributed by atoms with Crippen LogP contribution in [0.4, 0.5) is 4.79 Å². The quantitative estimate of drug-likeness (QED) is 0.624. The molecule has 5 nitrogen and oxygen atoms in total. The zero-order chi connectivity index (χ0) is 12.0. The van der Waals surface area contributed by atoms with E-state index < -0.39 is 12.1 Å². The van der Waals surface area contributed by atoms with E-state index in [2.05, 4.69) is 4.74 Å². The molecule has 0 aliphatic rings. The van der Waals surface area contributed by atoms with E-state index >= 15 is 0 Å². The zero-order valence-electron chi connectivity index (χ0n) is 8.80. The maximum Gasteiger partial charge on any atom is 0.513 e. The molecule has 0 bridgehead atoms. The van der Waals surface area contributed by atoms with Gasteiger partial charge in [0.1, 0.15) is 5.75 Å². The van der Waals surface area contributed by atoms with Crippen LogP contribution in [0.25, 0.3) is 0 Å². The minimum atomic E-state index is -0.904. The molecule has 1 aromatic rings. The Hall–Kier alpha value is -2.04. The normalized spacial score (nSPS) is 9.56. The van der Waals surface area contributed by atoms with Crippen molar-refractivity contribution >= 4 is 12.1 Å². The van der Waals surface area contributed by atoms with Crippen molar-refractivity contribution in [2.24, 2.45) is 0 Å². The van der Waals surface area contributed by atoms with Gasteiger partial charge in [0.15, 0.2) is 0 Å². The Morgan fingerprint density at radius 3 is 2.38 bits per heavy atom. The topological polar surface area (TPSA) is 72.8 Å². The first-order valence-corrected chi connectivity index (χ1v) is 4.77. The van der Waals surface area contributed by atoms with Gasteiger partial charge in [0.2, 0.25) is 0 Å². The van der Waals surface area contributed by atoms with Gasteiger partial charge in [-0.2, -0.15) is 0 Å². The highest BCUT2D eigenvalue weighted by molar-refractivity contribution is 5.70. The lowest BCUT2D eigenvalue weighted by Crippen LogP contribution is -2.10. The Morgan fingerprint density at radius 1 is 1.25 bits per heavy atom. The van der Waals surface area contributed by atoms with Crippen molar-refractivity contribution in [3.63, 3.8) is 0 Å². The summed E-state index contributed by atoms with van der Waals surface area (Å²) in [4.78, 5) is 21.3. The van der Waals surface area contributed by atoms with E-state index in [1.165, 1.54) is 12.1 Å². The van der Waals surface area contributed by atoms with Crippen LogP contribution in [-0.4, -0.2) is 23.8 Å². The van der Waals surface area contributed by atoms with Gasteiger partial charge in [0.25, 0.3) is 0 Å². The van der Waals surface area contributed by atoms with Crippen LogP contribution in [0.5, 0.6) is 5.75 Å². The Morgan fingerprint density at radius 2 is 1.88 bits per heavy atom.